The summed E-state index contributed by atoms with van der Waals surface area (Å²) in [6, 6.07) is 21.8. The maximum absolute atomic E-state index is 13.7. The van der Waals surface area contributed by atoms with Crippen LogP contribution in [0.4, 0.5) is 5.69 Å². The third kappa shape index (κ3) is 8.92. The minimum absolute atomic E-state index is 0.0853. The largest absolute Gasteiger partial charge is 0.462 e. The quantitative estimate of drug-likeness (QED) is 0.0536. The Labute approximate surface area is 306 Å². The molecule has 12 heteroatoms. The molecule has 3 heterocycles. The fraction of sp³-hybridized carbons (Fsp3) is 0.171. The monoisotopic (exact) mass is 710 g/mol. The highest BCUT2D eigenvalue weighted by molar-refractivity contribution is 6.00. The molecule has 0 aliphatic carbocycles. The Morgan fingerprint density at radius 3 is 1.70 bits per heavy atom. The van der Waals surface area contributed by atoms with Crippen molar-refractivity contribution in [2.45, 2.75) is 32.6 Å². The van der Waals surface area contributed by atoms with Gasteiger partial charge in [-0.05, 0) is 67.6 Å². The molecular formula is C41H38N6O6. The van der Waals surface area contributed by atoms with Crippen molar-refractivity contribution in [3.05, 3.63) is 172 Å². The SMILES string of the molecule is CC1=C(C(=O)OCC/C=C/c2ccc(-n3ccnc3)cc2)C(c2cccc([N+](=O)[O-])c2)C(C(=O)OCC/C=C/c2ccc(-n3ccnc3)cc2)=C(C)N1. The first-order chi connectivity index (χ1) is 25.8. The number of hydrogen-bond donors (Lipinski definition) is 1. The Morgan fingerprint density at radius 2 is 1.26 bits per heavy atom. The maximum atomic E-state index is 13.7. The predicted molar refractivity (Wildman–Crippen MR) is 201 cm³/mol. The second-order valence-electron chi connectivity index (χ2n) is 12.3. The van der Waals surface area contributed by atoms with E-state index in [1.165, 1.54) is 18.2 Å². The van der Waals surface area contributed by atoms with Crippen molar-refractivity contribution < 1.29 is 24.0 Å². The van der Waals surface area contributed by atoms with Crippen molar-refractivity contribution in [3.8, 4) is 11.4 Å². The van der Waals surface area contributed by atoms with Crippen LogP contribution in [0.1, 0.15) is 49.3 Å². The Bertz CT molecular complexity index is 2050. The van der Waals surface area contributed by atoms with Gasteiger partial charge in [0.05, 0.1) is 47.9 Å². The first-order valence-corrected chi connectivity index (χ1v) is 17.1. The van der Waals surface area contributed by atoms with Crippen LogP contribution in [-0.2, 0) is 19.1 Å². The summed E-state index contributed by atoms with van der Waals surface area (Å²) in [7, 11) is 0. The molecule has 1 N–H and O–H groups in total. The zero-order chi connectivity index (χ0) is 37.2. The fourth-order valence-corrected chi connectivity index (χ4v) is 6.06. The van der Waals surface area contributed by atoms with E-state index >= 15 is 0 Å². The lowest BCUT2D eigenvalue weighted by Crippen LogP contribution is -2.32. The summed E-state index contributed by atoms with van der Waals surface area (Å²) >= 11 is 0. The summed E-state index contributed by atoms with van der Waals surface area (Å²) in [5.74, 6) is -2.22. The van der Waals surface area contributed by atoms with E-state index in [2.05, 4.69) is 15.3 Å². The first kappa shape index (κ1) is 36.0. The number of nitrogens with one attached hydrogen (secondary N) is 1. The van der Waals surface area contributed by atoms with E-state index in [9.17, 15) is 19.7 Å². The van der Waals surface area contributed by atoms with Crippen molar-refractivity contribution in [1.82, 2.24) is 24.4 Å². The van der Waals surface area contributed by atoms with Gasteiger partial charge in [0.15, 0.2) is 0 Å². The van der Waals surface area contributed by atoms with E-state index in [-0.39, 0.29) is 30.0 Å². The van der Waals surface area contributed by atoms with Crippen LogP contribution in [0.2, 0.25) is 0 Å². The number of carbonyl (C=O) groups is 2. The number of nitro benzene ring substituents is 1. The van der Waals surface area contributed by atoms with E-state index in [1.807, 2.05) is 94.4 Å². The van der Waals surface area contributed by atoms with Gasteiger partial charge in [-0.1, -0.05) is 60.7 Å². The summed E-state index contributed by atoms with van der Waals surface area (Å²) in [6.07, 6.45) is 19.3. The lowest BCUT2D eigenvalue weighted by molar-refractivity contribution is -0.384. The van der Waals surface area contributed by atoms with E-state index in [0.29, 0.717) is 29.8 Å². The zero-order valence-corrected chi connectivity index (χ0v) is 29.3. The van der Waals surface area contributed by atoms with E-state index in [1.54, 1.807) is 45.0 Å². The second-order valence-corrected chi connectivity index (χ2v) is 12.3. The van der Waals surface area contributed by atoms with Gasteiger partial charge in [0.2, 0.25) is 0 Å². The summed E-state index contributed by atoms with van der Waals surface area (Å²) in [4.78, 5) is 46.8. The van der Waals surface area contributed by atoms with Crippen LogP contribution in [0.25, 0.3) is 23.5 Å². The summed E-state index contributed by atoms with van der Waals surface area (Å²) in [6.45, 7) is 3.60. The number of nitro groups is 1. The zero-order valence-electron chi connectivity index (χ0n) is 29.3. The molecule has 0 saturated carbocycles. The first-order valence-electron chi connectivity index (χ1n) is 17.1. The van der Waals surface area contributed by atoms with Crippen LogP contribution in [0, 0.1) is 10.1 Å². The molecule has 0 atom stereocenters. The molecule has 0 amide bonds. The lowest BCUT2D eigenvalue weighted by atomic mass is 9.80. The number of non-ortho nitro benzene ring substituents is 1. The Kier molecular flexibility index (Phi) is 11.5. The number of benzene rings is 3. The van der Waals surface area contributed by atoms with Crippen LogP contribution in [0.3, 0.4) is 0 Å². The number of aromatic nitrogens is 4. The van der Waals surface area contributed by atoms with Gasteiger partial charge in [0.1, 0.15) is 0 Å². The number of imidazole rings is 2. The van der Waals surface area contributed by atoms with Crippen molar-refractivity contribution in [2.24, 2.45) is 0 Å². The standard InChI is InChI=1S/C41H38N6O6/c1-29-37(40(48)52-24-5-3-8-31-12-16-34(17-13-31)45-22-20-42-27-45)39(33-10-7-11-36(26-33)47(50)51)38(30(2)44-29)41(49)53-25-6-4-9-32-14-18-35(19-15-32)46-23-21-43-28-46/h3-4,7-23,26-28,39,44H,5-6,24-25H2,1-2H3/b8-3+,9-4+. The molecule has 1 aliphatic rings. The second kappa shape index (κ2) is 16.9. The molecule has 1 aliphatic heterocycles. The molecule has 0 spiro atoms. The van der Waals surface area contributed by atoms with Gasteiger partial charge in [0.25, 0.3) is 5.69 Å². The summed E-state index contributed by atoms with van der Waals surface area (Å²) in [5.41, 5.74) is 5.52. The normalized spacial score (nSPS) is 13.5. The van der Waals surface area contributed by atoms with Gasteiger partial charge in [-0.15, -0.1) is 0 Å². The highest BCUT2D eigenvalue weighted by Gasteiger charge is 2.38. The van der Waals surface area contributed by atoms with Crippen LogP contribution < -0.4 is 5.32 Å². The van der Waals surface area contributed by atoms with Gasteiger partial charge in [-0.3, -0.25) is 10.1 Å². The number of carbonyl (C=O) groups excluding carboxylic acids is 2. The molecule has 2 aromatic heterocycles. The number of nitrogens with zero attached hydrogens (tertiary/aromatic N) is 5. The maximum Gasteiger partial charge on any atom is 0.336 e. The van der Waals surface area contributed by atoms with Gasteiger partial charge in [-0.25, -0.2) is 19.6 Å². The highest BCUT2D eigenvalue weighted by Crippen LogP contribution is 2.40. The van der Waals surface area contributed by atoms with Crippen LogP contribution >= 0.6 is 0 Å². The Balaban J connectivity index is 1.11. The van der Waals surface area contributed by atoms with Gasteiger partial charge in [0, 0.05) is 59.7 Å². The van der Waals surface area contributed by atoms with E-state index < -0.39 is 22.8 Å². The molecule has 12 nitrogen and oxygen atoms in total. The average Bonchev–Trinajstić information content (AvgIpc) is 3.91. The minimum Gasteiger partial charge on any atom is -0.462 e. The van der Waals surface area contributed by atoms with Crippen LogP contribution in [0.15, 0.2) is 145 Å². The summed E-state index contributed by atoms with van der Waals surface area (Å²) < 4.78 is 15.3. The van der Waals surface area contributed by atoms with E-state index in [4.69, 9.17) is 9.47 Å². The molecule has 268 valence electrons. The minimum atomic E-state index is -0.953. The fourth-order valence-electron chi connectivity index (χ4n) is 6.06. The molecular weight excluding hydrogens is 672 g/mol. The topological polar surface area (TPSA) is 143 Å². The van der Waals surface area contributed by atoms with Crippen molar-refractivity contribution in [2.75, 3.05) is 13.2 Å². The number of rotatable bonds is 14. The van der Waals surface area contributed by atoms with Gasteiger partial charge in [-0.2, -0.15) is 0 Å². The number of esters is 2. The molecule has 0 fully saturated rings. The highest BCUT2D eigenvalue weighted by atomic mass is 16.6. The predicted octanol–water partition coefficient (Wildman–Crippen LogP) is 7.49. The lowest BCUT2D eigenvalue weighted by Gasteiger charge is -2.30. The van der Waals surface area contributed by atoms with E-state index in [0.717, 1.165) is 22.5 Å². The molecule has 0 radical (unpaired) electrons. The Hall–Kier alpha value is -6.82. The molecule has 6 rings (SSSR count). The van der Waals surface area contributed by atoms with Crippen LogP contribution in [-0.4, -0.2) is 49.2 Å². The molecule has 5 aromatic rings. The molecule has 0 unspecified atom stereocenters. The molecule has 3 aromatic carbocycles. The number of dihydropyridines is 1. The number of hydrogen-bond acceptors (Lipinski definition) is 9. The number of ether oxygens (including phenoxy) is 2. The van der Waals surface area contributed by atoms with Crippen molar-refractivity contribution in [3.63, 3.8) is 0 Å². The average molecular weight is 711 g/mol. The van der Waals surface area contributed by atoms with Crippen molar-refractivity contribution >= 4 is 29.8 Å². The molecule has 0 saturated heterocycles. The summed E-state index contributed by atoms with van der Waals surface area (Å²) in [5, 5.41) is 14.9. The van der Waals surface area contributed by atoms with Gasteiger partial charge < -0.3 is 23.9 Å². The smallest absolute Gasteiger partial charge is 0.336 e. The van der Waals surface area contributed by atoms with Crippen molar-refractivity contribution in [1.29, 1.82) is 0 Å². The Morgan fingerprint density at radius 1 is 0.774 bits per heavy atom. The third-order valence-electron chi connectivity index (χ3n) is 8.66. The number of allylic oxidation sites excluding steroid dienone is 2. The molecule has 53 heavy (non-hydrogen) atoms. The van der Waals surface area contributed by atoms with Gasteiger partial charge >= 0.3 is 11.9 Å². The molecule has 0 bridgehead atoms. The third-order valence-corrected chi connectivity index (χ3v) is 8.66. The van der Waals surface area contributed by atoms with Crippen LogP contribution in [0.5, 0.6) is 0 Å².